The fraction of sp³-hybridized carbons (Fsp3) is 0.115. The van der Waals surface area contributed by atoms with E-state index in [4.69, 9.17) is 13.9 Å². The molecule has 1 amide bonds. The van der Waals surface area contributed by atoms with E-state index < -0.39 is 10.8 Å². The number of rotatable bonds is 8. The van der Waals surface area contributed by atoms with E-state index in [2.05, 4.69) is 27.9 Å². The van der Waals surface area contributed by atoms with Gasteiger partial charge >= 0.3 is 0 Å². The van der Waals surface area contributed by atoms with Crippen LogP contribution in [-0.4, -0.2) is 10.8 Å². The first-order chi connectivity index (χ1) is 16.8. The monoisotopic (exact) mass is 584 g/mol. The molecule has 0 radical (unpaired) electrons. The maximum atomic E-state index is 12.7. The molecule has 0 saturated heterocycles. The first kappa shape index (κ1) is 24.3. The topological polar surface area (TPSA) is 104 Å². The van der Waals surface area contributed by atoms with Gasteiger partial charge < -0.3 is 19.2 Å². The molecule has 9 heteroatoms. The Morgan fingerprint density at radius 2 is 1.77 bits per heavy atom. The van der Waals surface area contributed by atoms with Gasteiger partial charge in [0.05, 0.1) is 16.7 Å². The van der Waals surface area contributed by atoms with Crippen LogP contribution in [0.2, 0.25) is 0 Å². The zero-order valence-corrected chi connectivity index (χ0v) is 21.1. The first-order valence-corrected chi connectivity index (χ1v) is 11.7. The van der Waals surface area contributed by atoms with Gasteiger partial charge in [0.25, 0.3) is 11.6 Å². The quantitative estimate of drug-likeness (QED) is 0.136. The number of halogens is 1. The number of hydrogen-bond acceptors (Lipinski definition) is 6. The summed E-state index contributed by atoms with van der Waals surface area (Å²) in [4.78, 5) is 23.6. The van der Waals surface area contributed by atoms with Gasteiger partial charge in [0.1, 0.15) is 29.6 Å². The van der Waals surface area contributed by atoms with Crippen molar-refractivity contribution in [3.05, 3.63) is 109 Å². The number of carbonyl (C=O) groups is 1. The molecule has 1 N–H and O–H groups in total. The van der Waals surface area contributed by atoms with E-state index in [9.17, 15) is 14.9 Å². The molecule has 0 aliphatic heterocycles. The lowest BCUT2D eigenvalue weighted by Crippen LogP contribution is -2.11. The Balaban J connectivity index is 1.48. The number of aryl methyl sites for hydroxylation is 2. The molecule has 0 fully saturated rings. The van der Waals surface area contributed by atoms with E-state index >= 15 is 0 Å². The molecule has 0 aliphatic rings. The van der Waals surface area contributed by atoms with Crippen LogP contribution in [0.1, 0.15) is 27.4 Å². The van der Waals surface area contributed by atoms with Crippen molar-refractivity contribution >= 4 is 39.9 Å². The van der Waals surface area contributed by atoms with E-state index in [0.29, 0.717) is 17.3 Å². The molecular weight excluding hydrogens is 563 g/mol. The van der Waals surface area contributed by atoms with Crippen molar-refractivity contribution in [2.75, 3.05) is 5.32 Å². The number of nitro benzene ring substituents is 1. The molecule has 0 unspecified atom stereocenters. The lowest BCUT2D eigenvalue weighted by molar-refractivity contribution is -0.384. The number of non-ortho nitro benzene ring substituents is 1. The van der Waals surface area contributed by atoms with Crippen molar-refractivity contribution in [3.8, 4) is 17.2 Å². The third-order valence-electron chi connectivity index (χ3n) is 5.01. The second-order valence-corrected chi connectivity index (χ2v) is 9.05. The SMILES string of the molecule is Cc1ccc(C)c(Oc2cc(NC(=O)c3ccc(COc4ccc(I)cc4)o3)cc([N+](=O)[O-])c2)c1. The highest BCUT2D eigenvalue weighted by atomic mass is 127. The molecule has 1 aromatic heterocycles. The standard InChI is InChI=1S/C26H21IN2O6/c1-16-3-4-17(2)25(11-16)35-23-13-19(12-20(14-23)29(31)32)28-26(30)24-10-9-22(34-24)15-33-21-7-5-18(27)6-8-21/h3-14H,15H2,1-2H3,(H,28,30). The van der Waals surface area contributed by atoms with Crippen LogP contribution in [0.5, 0.6) is 17.2 Å². The Hall–Kier alpha value is -3.86. The summed E-state index contributed by atoms with van der Waals surface area (Å²) in [7, 11) is 0. The van der Waals surface area contributed by atoms with E-state index in [-0.39, 0.29) is 29.5 Å². The summed E-state index contributed by atoms with van der Waals surface area (Å²) in [6.45, 7) is 3.96. The number of benzene rings is 3. The average molecular weight is 584 g/mol. The van der Waals surface area contributed by atoms with E-state index in [0.717, 1.165) is 14.7 Å². The maximum Gasteiger partial charge on any atom is 0.291 e. The number of anilines is 1. The van der Waals surface area contributed by atoms with E-state index in [1.54, 1.807) is 6.07 Å². The zero-order valence-electron chi connectivity index (χ0n) is 18.9. The van der Waals surface area contributed by atoms with Gasteiger partial charge in [0.15, 0.2) is 5.76 Å². The summed E-state index contributed by atoms with van der Waals surface area (Å²) >= 11 is 2.21. The van der Waals surface area contributed by atoms with Gasteiger partial charge in [-0.25, -0.2) is 0 Å². The number of hydrogen-bond donors (Lipinski definition) is 1. The van der Waals surface area contributed by atoms with Crippen molar-refractivity contribution in [1.82, 2.24) is 0 Å². The van der Waals surface area contributed by atoms with E-state index in [1.165, 1.54) is 24.3 Å². The second-order valence-electron chi connectivity index (χ2n) is 7.81. The van der Waals surface area contributed by atoms with Crippen LogP contribution in [-0.2, 0) is 6.61 Å². The Morgan fingerprint density at radius 1 is 1.00 bits per heavy atom. The molecule has 1 heterocycles. The minimum Gasteiger partial charge on any atom is -0.486 e. The third-order valence-corrected chi connectivity index (χ3v) is 5.73. The number of carbonyl (C=O) groups excluding carboxylic acids is 1. The van der Waals surface area contributed by atoms with Gasteiger partial charge in [-0.1, -0.05) is 12.1 Å². The Labute approximate surface area is 215 Å². The average Bonchev–Trinajstić information content (AvgIpc) is 3.30. The summed E-state index contributed by atoms with van der Waals surface area (Å²) in [6, 6.07) is 20.5. The van der Waals surface area contributed by atoms with Crippen LogP contribution < -0.4 is 14.8 Å². The van der Waals surface area contributed by atoms with Crippen LogP contribution in [0, 0.1) is 27.5 Å². The van der Waals surface area contributed by atoms with Gasteiger partial charge in [-0.2, -0.15) is 0 Å². The summed E-state index contributed by atoms with van der Waals surface area (Å²) in [5.41, 5.74) is 1.86. The van der Waals surface area contributed by atoms with Crippen LogP contribution in [0.15, 0.2) is 77.2 Å². The molecule has 178 valence electrons. The van der Waals surface area contributed by atoms with Gasteiger partial charge in [0, 0.05) is 15.7 Å². The predicted octanol–water partition coefficient (Wildman–Crippen LogP) is 7.03. The number of ether oxygens (including phenoxy) is 2. The minimum atomic E-state index is -0.552. The van der Waals surface area contributed by atoms with Crippen molar-refractivity contribution < 1.29 is 23.6 Å². The molecule has 35 heavy (non-hydrogen) atoms. The lowest BCUT2D eigenvalue weighted by atomic mass is 10.1. The Bertz CT molecular complexity index is 1380. The minimum absolute atomic E-state index is 0.0507. The molecule has 0 bridgehead atoms. The summed E-state index contributed by atoms with van der Waals surface area (Å²) in [5, 5.41) is 14.1. The van der Waals surface area contributed by atoms with Crippen LogP contribution in [0.3, 0.4) is 0 Å². The fourth-order valence-corrected chi connectivity index (χ4v) is 3.58. The molecule has 0 spiro atoms. The summed E-state index contributed by atoms with van der Waals surface area (Å²) in [6.07, 6.45) is 0. The number of nitrogens with one attached hydrogen (secondary N) is 1. The highest BCUT2D eigenvalue weighted by Gasteiger charge is 2.17. The number of nitro groups is 1. The van der Waals surface area contributed by atoms with Crippen molar-refractivity contribution in [1.29, 1.82) is 0 Å². The van der Waals surface area contributed by atoms with Crippen molar-refractivity contribution in [3.63, 3.8) is 0 Å². The number of nitrogens with zero attached hydrogens (tertiary/aromatic N) is 1. The Morgan fingerprint density at radius 3 is 2.51 bits per heavy atom. The molecule has 8 nitrogen and oxygen atoms in total. The largest absolute Gasteiger partial charge is 0.486 e. The molecule has 0 saturated carbocycles. The molecule has 4 aromatic rings. The van der Waals surface area contributed by atoms with Crippen LogP contribution >= 0.6 is 22.6 Å². The number of amides is 1. The molecule has 4 rings (SSSR count). The van der Waals surface area contributed by atoms with Gasteiger partial charge in [-0.05, 0) is 90.0 Å². The lowest BCUT2D eigenvalue weighted by Gasteiger charge is -2.11. The fourth-order valence-electron chi connectivity index (χ4n) is 3.22. The highest BCUT2D eigenvalue weighted by molar-refractivity contribution is 14.1. The van der Waals surface area contributed by atoms with Crippen LogP contribution in [0.25, 0.3) is 0 Å². The van der Waals surface area contributed by atoms with Crippen molar-refractivity contribution in [2.24, 2.45) is 0 Å². The van der Waals surface area contributed by atoms with Gasteiger partial charge in [-0.3, -0.25) is 14.9 Å². The molecule has 0 aliphatic carbocycles. The van der Waals surface area contributed by atoms with Gasteiger partial charge in [-0.15, -0.1) is 0 Å². The number of furan rings is 1. The smallest absolute Gasteiger partial charge is 0.291 e. The maximum absolute atomic E-state index is 12.7. The molecular formula is C26H21IN2O6. The first-order valence-electron chi connectivity index (χ1n) is 10.6. The van der Waals surface area contributed by atoms with Gasteiger partial charge in [0.2, 0.25) is 0 Å². The van der Waals surface area contributed by atoms with Crippen LogP contribution in [0.4, 0.5) is 11.4 Å². The third kappa shape index (κ3) is 6.38. The zero-order chi connectivity index (χ0) is 24.9. The summed E-state index contributed by atoms with van der Waals surface area (Å²) in [5.74, 6) is 1.45. The normalized spacial score (nSPS) is 10.6. The van der Waals surface area contributed by atoms with Crippen molar-refractivity contribution in [2.45, 2.75) is 20.5 Å². The second kappa shape index (κ2) is 10.6. The highest BCUT2D eigenvalue weighted by Crippen LogP contribution is 2.32. The Kier molecular flexibility index (Phi) is 7.35. The molecule has 3 aromatic carbocycles. The summed E-state index contributed by atoms with van der Waals surface area (Å²) < 4.78 is 18.3. The molecule has 0 atom stereocenters. The van der Waals surface area contributed by atoms with E-state index in [1.807, 2.05) is 56.3 Å². The predicted molar refractivity (Wildman–Crippen MR) is 139 cm³/mol.